The summed E-state index contributed by atoms with van der Waals surface area (Å²) in [7, 11) is 0. The summed E-state index contributed by atoms with van der Waals surface area (Å²) in [6.07, 6.45) is 2.46. The van der Waals surface area contributed by atoms with E-state index in [4.69, 9.17) is 0 Å². The van der Waals surface area contributed by atoms with E-state index in [1.807, 2.05) is 11.2 Å². The molecule has 2 rings (SSSR count). The van der Waals surface area contributed by atoms with Crippen molar-refractivity contribution in [1.29, 1.82) is 0 Å². The SMILES string of the molecule is CSc1ncc(Br)c(N2CCC(C(F)F)CC2)n1. The minimum atomic E-state index is -2.21. The van der Waals surface area contributed by atoms with Gasteiger partial charge in [-0.2, -0.15) is 0 Å². The largest absolute Gasteiger partial charge is 0.356 e. The van der Waals surface area contributed by atoms with Crippen molar-refractivity contribution in [1.82, 2.24) is 9.97 Å². The molecule has 0 N–H and O–H groups in total. The van der Waals surface area contributed by atoms with Gasteiger partial charge < -0.3 is 4.90 Å². The summed E-state index contributed by atoms with van der Waals surface area (Å²) in [5.74, 6) is 0.337. The Labute approximate surface area is 118 Å². The molecule has 18 heavy (non-hydrogen) atoms. The molecule has 0 aliphatic carbocycles. The van der Waals surface area contributed by atoms with Gasteiger partial charge >= 0.3 is 0 Å². The summed E-state index contributed by atoms with van der Waals surface area (Å²) in [5.41, 5.74) is 0. The van der Waals surface area contributed by atoms with Gasteiger partial charge in [0.05, 0.1) is 4.47 Å². The van der Waals surface area contributed by atoms with Crippen molar-refractivity contribution in [3.8, 4) is 0 Å². The first-order valence-corrected chi connectivity index (χ1v) is 7.73. The van der Waals surface area contributed by atoms with Crippen LogP contribution < -0.4 is 4.90 Å². The highest BCUT2D eigenvalue weighted by Crippen LogP contribution is 2.30. The second kappa shape index (κ2) is 6.14. The fourth-order valence-electron chi connectivity index (χ4n) is 2.03. The van der Waals surface area contributed by atoms with Crippen LogP contribution in [0.1, 0.15) is 12.8 Å². The highest BCUT2D eigenvalue weighted by molar-refractivity contribution is 9.10. The predicted molar refractivity (Wildman–Crippen MR) is 72.5 cm³/mol. The van der Waals surface area contributed by atoms with Crippen LogP contribution in [0, 0.1) is 5.92 Å². The summed E-state index contributed by atoms with van der Waals surface area (Å²) in [6, 6.07) is 0. The van der Waals surface area contributed by atoms with Gasteiger partial charge in [0.15, 0.2) is 5.16 Å². The topological polar surface area (TPSA) is 29.0 Å². The third kappa shape index (κ3) is 3.12. The number of nitrogens with zero attached hydrogens (tertiary/aromatic N) is 3. The fraction of sp³-hybridized carbons (Fsp3) is 0.636. The molecule has 1 saturated heterocycles. The lowest BCUT2D eigenvalue weighted by Gasteiger charge is -2.32. The van der Waals surface area contributed by atoms with Crippen molar-refractivity contribution in [2.24, 2.45) is 5.92 Å². The zero-order valence-corrected chi connectivity index (χ0v) is 12.3. The molecule has 0 saturated carbocycles. The molecule has 2 heterocycles. The number of aromatic nitrogens is 2. The quantitative estimate of drug-likeness (QED) is 0.624. The molecule has 3 nitrogen and oxygen atoms in total. The normalized spacial score (nSPS) is 17.5. The highest BCUT2D eigenvalue weighted by Gasteiger charge is 2.27. The standard InChI is InChI=1S/C11H14BrF2N3S/c1-18-11-15-6-8(12)10(16-11)17-4-2-7(3-5-17)9(13)14/h6-7,9H,2-5H2,1H3. The number of rotatable bonds is 3. The van der Waals surface area contributed by atoms with E-state index in [-0.39, 0.29) is 0 Å². The predicted octanol–water partition coefficient (Wildman–Crippen LogP) is 3.44. The van der Waals surface area contributed by atoms with Gasteiger partial charge in [-0.15, -0.1) is 0 Å². The van der Waals surface area contributed by atoms with Crippen LogP contribution in [-0.2, 0) is 0 Å². The summed E-state index contributed by atoms with van der Waals surface area (Å²) >= 11 is 4.89. The van der Waals surface area contributed by atoms with Crippen LogP contribution in [0.2, 0.25) is 0 Å². The second-order valence-electron chi connectivity index (χ2n) is 4.19. The Bertz CT molecular complexity index is 411. The van der Waals surface area contributed by atoms with Crippen LogP contribution in [0.3, 0.4) is 0 Å². The Morgan fingerprint density at radius 3 is 2.67 bits per heavy atom. The zero-order chi connectivity index (χ0) is 13.1. The number of thioether (sulfide) groups is 1. The smallest absolute Gasteiger partial charge is 0.241 e. The van der Waals surface area contributed by atoms with Crippen molar-refractivity contribution in [3.05, 3.63) is 10.7 Å². The van der Waals surface area contributed by atoms with Crippen LogP contribution in [0.4, 0.5) is 14.6 Å². The first-order chi connectivity index (χ1) is 8.61. The first-order valence-electron chi connectivity index (χ1n) is 5.71. The van der Waals surface area contributed by atoms with E-state index in [1.165, 1.54) is 11.8 Å². The molecule has 0 radical (unpaired) electrons. The fourth-order valence-corrected chi connectivity index (χ4v) is 2.80. The number of hydrogen-bond acceptors (Lipinski definition) is 4. The Hall–Kier alpha value is -0.430. The molecule has 0 bridgehead atoms. The molecule has 1 aliphatic heterocycles. The maximum atomic E-state index is 12.6. The molecular weight excluding hydrogens is 324 g/mol. The summed E-state index contributed by atoms with van der Waals surface area (Å²) < 4.78 is 26.0. The maximum Gasteiger partial charge on any atom is 0.241 e. The lowest BCUT2D eigenvalue weighted by atomic mass is 9.97. The van der Waals surface area contributed by atoms with Gasteiger partial charge in [0.1, 0.15) is 5.82 Å². The van der Waals surface area contributed by atoms with Crippen LogP contribution in [0.5, 0.6) is 0 Å². The van der Waals surface area contributed by atoms with Crippen LogP contribution >= 0.6 is 27.7 Å². The van der Waals surface area contributed by atoms with Gasteiger partial charge in [0, 0.05) is 25.2 Å². The number of piperidine rings is 1. The maximum absolute atomic E-state index is 12.6. The van der Waals surface area contributed by atoms with E-state index in [9.17, 15) is 8.78 Å². The summed E-state index contributed by atoms with van der Waals surface area (Å²) in [6.45, 7) is 1.25. The molecule has 1 aromatic heterocycles. The van der Waals surface area contributed by atoms with E-state index in [0.29, 0.717) is 31.1 Å². The van der Waals surface area contributed by atoms with E-state index in [1.54, 1.807) is 6.20 Å². The molecule has 7 heteroatoms. The molecule has 1 fully saturated rings. The first kappa shape index (κ1) is 14.0. The van der Waals surface area contributed by atoms with Crippen molar-refractivity contribution in [2.75, 3.05) is 24.2 Å². The average Bonchev–Trinajstić information content (AvgIpc) is 2.39. The van der Waals surface area contributed by atoms with E-state index in [0.717, 1.165) is 10.3 Å². The molecule has 0 atom stereocenters. The van der Waals surface area contributed by atoms with Crippen LogP contribution in [0.25, 0.3) is 0 Å². The second-order valence-corrected chi connectivity index (χ2v) is 5.81. The monoisotopic (exact) mass is 337 g/mol. The van der Waals surface area contributed by atoms with Crippen molar-refractivity contribution < 1.29 is 8.78 Å². The average molecular weight is 338 g/mol. The lowest BCUT2D eigenvalue weighted by Crippen LogP contribution is -2.36. The molecule has 0 amide bonds. The van der Waals surface area contributed by atoms with Crippen LogP contribution in [0.15, 0.2) is 15.8 Å². The van der Waals surface area contributed by atoms with Crippen molar-refractivity contribution in [3.63, 3.8) is 0 Å². The van der Waals surface area contributed by atoms with Crippen molar-refractivity contribution >= 4 is 33.5 Å². The molecule has 0 spiro atoms. The van der Waals surface area contributed by atoms with E-state index in [2.05, 4.69) is 25.9 Å². The number of alkyl halides is 2. The Morgan fingerprint density at radius 1 is 1.44 bits per heavy atom. The van der Waals surface area contributed by atoms with Gasteiger partial charge in [-0.1, -0.05) is 11.8 Å². The number of halogens is 3. The van der Waals surface area contributed by atoms with Gasteiger partial charge in [-0.3, -0.25) is 0 Å². The third-order valence-electron chi connectivity index (χ3n) is 3.08. The minimum Gasteiger partial charge on any atom is -0.356 e. The molecule has 1 aliphatic rings. The molecule has 100 valence electrons. The van der Waals surface area contributed by atoms with E-state index >= 15 is 0 Å². The lowest BCUT2D eigenvalue weighted by molar-refractivity contribution is 0.0635. The van der Waals surface area contributed by atoms with Gasteiger partial charge in [0.25, 0.3) is 0 Å². The number of anilines is 1. The highest BCUT2D eigenvalue weighted by atomic mass is 79.9. The minimum absolute atomic E-state index is 0.470. The molecule has 0 aromatic carbocycles. The Kier molecular flexibility index (Phi) is 4.77. The molecule has 1 aromatic rings. The van der Waals surface area contributed by atoms with Gasteiger partial charge in [0.2, 0.25) is 6.43 Å². The summed E-state index contributed by atoms with van der Waals surface area (Å²) in [5, 5.41) is 0.698. The van der Waals surface area contributed by atoms with Gasteiger partial charge in [-0.25, -0.2) is 18.7 Å². The van der Waals surface area contributed by atoms with Gasteiger partial charge in [-0.05, 0) is 35.0 Å². The zero-order valence-electron chi connectivity index (χ0n) is 9.94. The van der Waals surface area contributed by atoms with E-state index < -0.39 is 12.3 Å². The van der Waals surface area contributed by atoms with Crippen molar-refractivity contribution in [2.45, 2.75) is 24.4 Å². The molecular formula is C11H14BrF2N3S. The Morgan fingerprint density at radius 2 is 2.11 bits per heavy atom. The van der Waals surface area contributed by atoms with Crippen LogP contribution in [-0.4, -0.2) is 35.7 Å². The third-order valence-corrected chi connectivity index (χ3v) is 4.20. The molecule has 0 unspecified atom stereocenters. The number of hydrogen-bond donors (Lipinski definition) is 0. The summed E-state index contributed by atoms with van der Waals surface area (Å²) in [4.78, 5) is 10.6. The Balaban J connectivity index is 2.09.